The lowest BCUT2D eigenvalue weighted by Crippen LogP contribution is -2.29. The lowest BCUT2D eigenvalue weighted by Gasteiger charge is -2.25. The van der Waals surface area contributed by atoms with Crippen molar-refractivity contribution in [3.05, 3.63) is 58.5 Å². The molecule has 4 rings (SSSR count). The average molecular weight is 419 g/mol. The number of pyridine rings is 1. The zero-order valence-electron chi connectivity index (χ0n) is 15.5. The molecule has 0 aliphatic carbocycles. The quantitative estimate of drug-likeness (QED) is 0.779. The highest BCUT2D eigenvalue weighted by Crippen LogP contribution is 2.30. The summed E-state index contributed by atoms with van der Waals surface area (Å²) >= 11 is 5.81. The Bertz CT molecular complexity index is 922. The van der Waals surface area contributed by atoms with Crippen LogP contribution in [0.15, 0.2) is 41.6 Å². The number of halogens is 2. The number of hydrazone groups is 1. The van der Waals surface area contributed by atoms with E-state index in [0.717, 1.165) is 11.1 Å². The van der Waals surface area contributed by atoms with Crippen LogP contribution in [0.25, 0.3) is 0 Å². The lowest BCUT2D eigenvalue weighted by atomic mass is 9.96. The number of aromatic nitrogens is 1. The molecule has 3 heterocycles. The van der Waals surface area contributed by atoms with Crippen LogP contribution >= 0.6 is 11.6 Å². The molecule has 2 atom stereocenters. The maximum atomic E-state index is 13.9. The molecule has 0 saturated carbocycles. The molecule has 2 aliphatic rings. The van der Waals surface area contributed by atoms with Gasteiger partial charge < -0.3 is 14.8 Å². The van der Waals surface area contributed by atoms with E-state index in [9.17, 15) is 9.18 Å². The summed E-state index contributed by atoms with van der Waals surface area (Å²) in [5.41, 5.74) is 4.57. The van der Waals surface area contributed by atoms with E-state index in [1.807, 2.05) is 6.07 Å². The number of carbonyl (C=O) groups is 1. The summed E-state index contributed by atoms with van der Waals surface area (Å²) in [7, 11) is 0. The molecule has 9 heteroatoms. The minimum absolute atomic E-state index is 0.0411. The second kappa shape index (κ2) is 8.86. The molecule has 1 fully saturated rings. The summed E-state index contributed by atoms with van der Waals surface area (Å²) in [6.45, 7) is 2.24. The molecule has 0 bridgehead atoms. The summed E-state index contributed by atoms with van der Waals surface area (Å²) in [5, 5.41) is 7.37. The number of hydrogen-bond acceptors (Lipinski definition) is 6. The van der Waals surface area contributed by atoms with Gasteiger partial charge in [-0.25, -0.2) is 14.8 Å². The van der Waals surface area contributed by atoms with Crippen LogP contribution in [-0.4, -0.2) is 42.9 Å². The molecule has 29 heavy (non-hydrogen) atoms. The third-order valence-electron chi connectivity index (χ3n) is 4.84. The molecular formula is C20H20ClFN4O3. The van der Waals surface area contributed by atoms with Crippen molar-refractivity contribution in [2.24, 2.45) is 11.0 Å². The molecule has 1 aromatic carbocycles. The van der Waals surface area contributed by atoms with Gasteiger partial charge in [0.25, 0.3) is 0 Å². The number of benzene rings is 1. The molecule has 2 aliphatic heterocycles. The van der Waals surface area contributed by atoms with Gasteiger partial charge in [0.2, 0.25) is 11.8 Å². The first-order valence-corrected chi connectivity index (χ1v) is 9.70. The van der Waals surface area contributed by atoms with E-state index in [-0.39, 0.29) is 29.4 Å². The minimum Gasteiger partial charge on any atom is -0.477 e. The second-order valence-corrected chi connectivity index (χ2v) is 7.30. The number of nitrogens with one attached hydrogen (secondary N) is 2. The summed E-state index contributed by atoms with van der Waals surface area (Å²) in [5.74, 6) is -0.187. The smallest absolute Gasteiger partial charge is 0.246 e. The Hall–Kier alpha value is -2.55. The van der Waals surface area contributed by atoms with Crippen LogP contribution in [0.1, 0.15) is 23.7 Å². The number of ether oxygens (including phenoxy) is 2. The van der Waals surface area contributed by atoms with Crippen LogP contribution < -0.4 is 15.5 Å². The number of carbonyl (C=O) groups excluding carboxylic acids is 1. The first-order valence-electron chi connectivity index (χ1n) is 9.32. The molecule has 0 spiro atoms. The van der Waals surface area contributed by atoms with Crippen molar-refractivity contribution in [2.45, 2.75) is 12.5 Å². The number of nitrogens with zero attached hydrogens (tertiary/aromatic N) is 2. The van der Waals surface area contributed by atoms with E-state index in [1.165, 1.54) is 12.1 Å². The van der Waals surface area contributed by atoms with Crippen molar-refractivity contribution in [1.82, 2.24) is 15.7 Å². The minimum atomic E-state index is -0.468. The van der Waals surface area contributed by atoms with Gasteiger partial charge in [-0.3, -0.25) is 4.79 Å². The molecule has 2 aromatic rings. The number of hydrogen-bond donors (Lipinski definition) is 2. The van der Waals surface area contributed by atoms with Crippen LogP contribution in [-0.2, 0) is 9.53 Å². The standard InChI is InChI=1S/C20H20ClFN4O3/c21-15-3-1-12(7-16(15)22)20-14(9-23-5-6-28-20)11-29-19-4-2-13(10-24-19)17-8-18(27)26-25-17/h1-4,7,10,14,20,23H,5-6,8-9,11H2,(H,26,27)/t14-,20-/m0/s1. The molecule has 0 unspecified atom stereocenters. The Kier molecular flexibility index (Phi) is 6.03. The van der Waals surface area contributed by atoms with Gasteiger partial charge in [-0.05, 0) is 23.8 Å². The molecule has 7 nitrogen and oxygen atoms in total. The molecule has 1 aromatic heterocycles. The fourth-order valence-electron chi connectivity index (χ4n) is 3.35. The average Bonchev–Trinajstić information content (AvgIpc) is 3.02. The third kappa shape index (κ3) is 4.72. The van der Waals surface area contributed by atoms with Crippen molar-refractivity contribution in [1.29, 1.82) is 0 Å². The van der Waals surface area contributed by atoms with Crippen molar-refractivity contribution in [3.63, 3.8) is 0 Å². The molecule has 2 N–H and O–H groups in total. The van der Waals surface area contributed by atoms with Crippen molar-refractivity contribution in [3.8, 4) is 5.88 Å². The zero-order valence-corrected chi connectivity index (χ0v) is 16.3. The first kappa shape index (κ1) is 19.8. The van der Waals surface area contributed by atoms with E-state index in [4.69, 9.17) is 21.1 Å². The van der Waals surface area contributed by atoms with E-state index in [0.29, 0.717) is 37.9 Å². The van der Waals surface area contributed by atoms with Gasteiger partial charge in [-0.2, -0.15) is 5.10 Å². The Morgan fingerprint density at radius 2 is 2.21 bits per heavy atom. The molecule has 1 saturated heterocycles. The highest BCUT2D eigenvalue weighted by atomic mass is 35.5. The van der Waals surface area contributed by atoms with Gasteiger partial charge in [0, 0.05) is 36.8 Å². The van der Waals surface area contributed by atoms with Crippen LogP contribution in [0.4, 0.5) is 4.39 Å². The molecule has 1 amide bonds. The van der Waals surface area contributed by atoms with E-state index in [1.54, 1.807) is 18.3 Å². The summed E-state index contributed by atoms with van der Waals surface area (Å²) in [4.78, 5) is 15.6. The number of amides is 1. The van der Waals surface area contributed by atoms with Crippen LogP contribution in [0.2, 0.25) is 5.02 Å². The maximum absolute atomic E-state index is 13.9. The van der Waals surface area contributed by atoms with Crippen molar-refractivity contribution >= 4 is 23.2 Å². The first-order chi connectivity index (χ1) is 14.1. The van der Waals surface area contributed by atoms with E-state index in [2.05, 4.69) is 20.8 Å². The van der Waals surface area contributed by atoms with Gasteiger partial charge in [-0.1, -0.05) is 17.7 Å². The van der Waals surface area contributed by atoms with Crippen LogP contribution in [0.5, 0.6) is 5.88 Å². The Balaban J connectivity index is 1.43. The summed E-state index contributed by atoms with van der Waals surface area (Å²) in [6.07, 6.45) is 1.55. The zero-order chi connectivity index (χ0) is 20.2. The monoisotopic (exact) mass is 418 g/mol. The predicted octanol–water partition coefficient (Wildman–Crippen LogP) is 2.45. The SMILES string of the molecule is O=C1CC(c2ccc(OC[C@@H]3CNCCO[C@H]3c3ccc(Cl)c(F)c3)nc2)=NN1. The largest absolute Gasteiger partial charge is 0.477 e. The Morgan fingerprint density at radius 3 is 2.93 bits per heavy atom. The predicted molar refractivity (Wildman–Crippen MR) is 105 cm³/mol. The van der Waals surface area contributed by atoms with Gasteiger partial charge in [0.1, 0.15) is 5.82 Å². The summed E-state index contributed by atoms with van der Waals surface area (Å²) in [6, 6.07) is 8.28. The highest BCUT2D eigenvalue weighted by molar-refractivity contribution is 6.30. The highest BCUT2D eigenvalue weighted by Gasteiger charge is 2.27. The fourth-order valence-corrected chi connectivity index (χ4v) is 3.47. The topological polar surface area (TPSA) is 84.8 Å². The fraction of sp³-hybridized carbons (Fsp3) is 0.350. The van der Waals surface area contributed by atoms with Gasteiger partial charge >= 0.3 is 0 Å². The summed E-state index contributed by atoms with van der Waals surface area (Å²) < 4.78 is 25.8. The van der Waals surface area contributed by atoms with Gasteiger partial charge in [0.15, 0.2) is 0 Å². The number of rotatable bonds is 5. The maximum Gasteiger partial charge on any atom is 0.246 e. The second-order valence-electron chi connectivity index (χ2n) is 6.90. The van der Waals surface area contributed by atoms with E-state index < -0.39 is 5.82 Å². The van der Waals surface area contributed by atoms with Crippen LogP contribution in [0, 0.1) is 11.7 Å². The molecule has 0 radical (unpaired) electrons. The lowest BCUT2D eigenvalue weighted by molar-refractivity contribution is -0.119. The molecule has 152 valence electrons. The van der Waals surface area contributed by atoms with Crippen molar-refractivity contribution in [2.75, 3.05) is 26.3 Å². The molecular weight excluding hydrogens is 399 g/mol. The Labute approximate surface area is 172 Å². The third-order valence-corrected chi connectivity index (χ3v) is 5.15. The normalized spacial score (nSPS) is 22.0. The Morgan fingerprint density at radius 1 is 1.31 bits per heavy atom. The van der Waals surface area contributed by atoms with Crippen LogP contribution in [0.3, 0.4) is 0 Å². The van der Waals surface area contributed by atoms with Crippen molar-refractivity contribution < 1.29 is 18.7 Å². The van der Waals surface area contributed by atoms with Gasteiger partial charge in [-0.15, -0.1) is 0 Å². The van der Waals surface area contributed by atoms with E-state index >= 15 is 0 Å². The van der Waals surface area contributed by atoms with Gasteiger partial charge in [0.05, 0.1) is 36.5 Å².